The van der Waals surface area contributed by atoms with Crippen molar-refractivity contribution in [3.8, 4) is 0 Å². The van der Waals surface area contributed by atoms with Crippen molar-refractivity contribution >= 4 is 35.1 Å². The van der Waals surface area contributed by atoms with Gasteiger partial charge in [0.1, 0.15) is 23.0 Å². The summed E-state index contributed by atoms with van der Waals surface area (Å²) in [6.07, 6.45) is 4.13. The molecular formula is C43H44N8O3. The zero-order chi connectivity index (χ0) is 37.5. The molecule has 3 aromatic carbocycles. The number of aryl methyl sites for hydroxylation is 1. The van der Waals surface area contributed by atoms with Crippen LogP contribution in [0.2, 0.25) is 0 Å². The molecule has 11 heteroatoms. The summed E-state index contributed by atoms with van der Waals surface area (Å²) in [4.78, 5) is 38.6. The highest BCUT2D eigenvalue weighted by molar-refractivity contribution is 6.07. The van der Waals surface area contributed by atoms with E-state index in [2.05, 4.69) is 68.9 Å². The number of hydrogen-bond acceptors (Lipinski definition) is 7. The average molecular weight is 721 g/mol. The van der Waals surface area contributed by atoms with Gasteiger partial charge < -0.3 is 20.6 Å². The summed E-state index contributed by atoms with van der Waals surface area (Å²) in [6, 6.07) is 39.5. The maximum atomic E-state index is 13.5. The molecule has 0 spiro atoms. The van der Waals surface area contributed by atoms with Gasteiger partial charge in [-0.05, 0) is 66.6 Å². The van der Waals surface area contributed by atoms with Gasteiger partial charge in [-0.2, -0.15) is 5.10 Å². The monoisotopic (exact) mass is 720 g/mol. The van der Waals surface area contributed by atoms with E-state index in [4.69, 9.17) is 4.98 Å². The molecule has 1 fully saturated rings. The zero-order valence-electron chi connectivity index (χ0n) is 30.5. The third-order valence-electron chi connectivity index (χ3n) is 10.0. The molecule has 0 atom stereocenters. The number of anilines is 4. The number of amides is 2. The van der Waals surface area contributed by atoms with Crippen LogP contribution in [0.1, 0.15) is 52.5 Å². The molecule has 2 amide bonds. The Labute approximate surface area is 315 Å². The Balaban J connectivity index is 1.09. The van der Waals surface area contributed by atoms with Crippen LogP contribution in [0.4, 0.5) is 27.9 Å². The van der Waals surface area contributed by atoms with E-state index < -0.39 is 11.6 Å². The first kappa shape index (κ1) is 35.9. The molecule has 4 heterocycles. The van der Waals surface area contributed by atoms with Crippen molar-refractivity contribution in [3.05, 3.63) is 162 Å². The first-order valence-electron chi connectivity index (χ1n) is 18.3. The van der Waals surface area contributed by atoms with Crippen LogP contribution in [-0.2, 0) is 12.1 Å². The maximum absolute atomic E-state index is 13.5. The molecule has 7 rings (SSSR count). The third-order valence-corrected chi connectivity index (χ3v) is 10.0. The number of carbonyl (C=O) groups is 2. The fourth-order valence-corrected chi connectivity index (χ4v) is 7.09. The lowest BCUT2D eigenvalue weighted by atomic mass is 9.77. The Bertz CT molecular complexity index is 2070. The second kappa shape index (κ2) is 16.0. The van der Waals surface area contributed by atoms with Crippen molar-refractivity contribution in [3.63, 3.8) is 0 Å². The number of pyridine rings is 2. The Hall–Kier alpha value is -6.49. The van der Waals surface area contributed by atoms with E-state index in [0.29, 0.717) is 28.8 Å². The Morgan fingerprint density at radius 2 is 1.44 bits per heavy atom. The SMILES string of the molecule is Cc1ccc(C(=O)Nc2ccc(N(CCn3nccc3NC(c3ccccc3)(c3ccccc3)c3ccccc3)C(=O)O)nc2)c(N2CCC(C)CC2)n1. The van der Waals surface area contributed by atoms with Crippen molar-refractivity contribution in [2.75, 3.05) is 40.1 Å². The van der Waals surface area contributed by atoms with Crippen LogP contribution >= 0.6 is 0 Å². The van der Waals surface area contributed by atoms with Gasteiger partial charge in [0.2, 0.25) is 0 Å². The van der Waals surface area contributed by atoms with Crippen LogP contribution in [0.5, 0.6) is 0 Å². The van der Waals surface area contributed by atoms with Gasteiger partial charge in [0, 0.05) is 24.8 Å². The summed E-state index contributed by atoms with van der Waals surface area (Å²) >= 11 is 0. The third kappa shape index (κ3) is 7.66. The number of carbonyl (C=O) groups excluding carboxylic acids is 1. The lowest BCUT2D eigenvalue weighted by Gasteiger charge is -2.37. The van der Waals surface area contributed by atoms with E-state index in [0.717, 1.165) is 48.3 Å². The topological polar surface area (TPSA) is 129 Å². The lowest BCUT2D eigenvalue weighted by Crippen LogP contribution is -2.39. The summed E-state index contributed by atoms with van der Waals surface area (Å²) in [7, 11) is 0. The number of hydrogen-bond donors (Lipinski definition) is 3. The normalized spacial score (nSPS) is 13.3. The molecule has 3 aromatic heterocycles. The summed E-state index contributed by atoms with van der Waals surface area (Å²) in [5.74, 6) is 1.98. The standard InChI is InChI=1S/C43H44N8O3/c1-31-23-26-49(27-24-31)40-37(20-18-32(2)46-40)41(52)47-36-19-21-38(44-30-36)50(42(53)54)28-29-51-39(22-25-45-51)48-43(33-12-6-3-7-13-33,34-14-8-4-9-15-34)35-16-10-5-11-17-35/h3-22,25,30-31,48H,23-24,26-29H2,1-2H3,(H,47,52)(H,53,54). The number of benzene rings is 3. The maximum Gasteiger partial charge on any atom is 0.413 e. The fraction of sp³-hybridized carbons (Fsp3) is 0.233. The van der Waals surface area contributed by atoms with Crippen LogP contribution in [0, 0.1) is 12.8 Å². The van der Waals surface area contributed by atoms with Crippen LogP contribution in [-0.4, -0.2) is 56.5 Å². The molecule has 0 unspecified atom stereocenters. The Morgan fingerprint density at radius 1 is 0.833 bits per heavy atom. The molecule has 6 aromatic rings. The second-order valence-electron chi connectivity index (χ2n) is 13.7. The molecule has 1 saturated heterocycles. The predicted molar refractivity (Wildman–Crippen MR) is 212 cm³/mol. The van der Waals surface area contributed by atoms with Gasteiger partial charge in [0.05, 0.1) is 36.7 Å². The van der Waals surface area contributed by atoms with Crippen molar-refractivity contribution in [1.82, 2.24) is 19.7 Å². The van der Waals surface area contributed by atoms with E-state index in [-0.39, 0.29) is 24.8 Å². The zero-order valence-corrected chi connectivity index (χ0v) is 30.5. The van der Waals surface area contributed by atoms with E-state index in [1.54, 1.807) is 29.1 Å². The van der Waals surface area contributed by atoms with E-state index in [9.17, 15) is 14.7 Å². The minimum absolute atomic E-state index is 0.0757. The summed E-state index contributed by atoms with van der Waals surface area (Å²) in [6.45, 7) is 6.19. The van der Waals surface area contributed by atoms with E-state index in [1.165, 1.54) is 11.1 Å². The second-order valence-corrected chi connectivity index (χ2v) is 13.7. The van der Waals surface area contributed by atoms with Crippen LogP contribution in [0.3, 0.4) is 0 Å². The predicted octanol–water partition coefficient (Wildman–Crippen LogP) is 8.06. The van der Waals surface area contributed by atoms with Crippen molar-refractivity contribution in [2.24, 2.45) is 5.92 Å². The summed E-state index contributed by atoms with van der Waals surface area (Å²) < 4.78 is 1.77. The highest BCUT2D eigenvalue weighted by Crippen LogP contribution is 2.40. The smallest absolute Gasteiger partial charge is 0.413 e. The van der Waals surface area contributed by atoms with E-state index in [1.807, 2.05) is 73.7 Å². The molecular weight excluding hydrogens is 677 g/mol. The van der Waals surface area contributed by atoms with Gasteiger partial charge in [-0.15, -0.1) is 0 Å². The highest BCUT2D eigenvalue weighted by atomic mass is 16.4. The number of rotatable bonds is 12. The Kier molecular flexibility index (Phi) is 10.7. The average Bonchev–Trinajstić information content (AvgIpc) is 3.65. The first-order chi connectivity index (χ1) is 26.3. The van der Waals surface area contributed by atoms with Gasteiger partial charge in [-0.1, -0.05) is 97.9 Å². The summed E-state index contributed by atoms with van der Waals surface area (Å²) in [5.41, 5.74) is 4.12. The quantitative estimate of drug-likeness (QED) is 0.108. The van der Waals surface area contributed by atoms with Gasteiger partial charge in [0.25, 0.3) is 5.91 Å². The van der Waals surface area contributed by atoms with E-state index >= 15 is 0 Å². The minimum Gasteiger partial charge on any atom is -0.465 e. The highest BCUT2D eigenvalue weighted by Gasteiger charge is 2.37. The van der Waals surface area contributed by atoms with Gasteiger partial charge in [-0.3, -0.25) is 9.69 Å². The van der Waals surface area contributed by atoms with Crippen molar-refractivity contribution < 1.29 is 14.7 Å². The van der Waals surface area contributed by atoms with Crippen LogP contribution in [0.15, 0.2) is 134 Å². The molecule has 54 heavy (non-hydrogen) atoms. The molecule has 0 saturated carbocycles. The van der Waals surface area contributed by atoms with Crippen molar-refractivity contribution in [2.45, 2.75) is 38.8 Å². The molecule has 1 aliphatic rings. The number of carboxylic acid groups (broad SMARTS) is 1. The van der Waals surface area contributed by atoms with Crippen LogP contribution in [0.25, 0.3) is 0 Å². The lowest BCUT2D eigenvalue weighted by molar-refractivity contribution is 0.102. The molecule has 274 valence electrons. The Morgan fingerprint density at radius 3 is 2.00 bits per heavy atom. The van der Waals surface area contributed by atoms with Gasteiger partial charge >= 0.3 is 6.09 Å². The van der Waals surface area contributed by atoms with Gasteiger partial charge in [0.15, 0.2) is 0 Å². The molecule has 11 nitrogen and oxygen atoms in total. The number of nitrogens with one attached hydrogen (secondary N) is 2. The minimum atomic E-state index is -1.15. The van der Waals surface area contributed by atoms with Crippen molar-refractivity contribution in [1.29, 1.82) is 0 Å². The first-order valence-corrected chi connectivity index (χ1v) is 18.3. The number of nitrogens with zero attached hydrogens (tertiary/aromatic N) is 6. The summed E-state index contributed by atoms with van der Waals surface area (Å²) in [5, 5.41) is 21.6. The fourth-order valence-electron chi connectivity index (χ4n) is 7.09. The molecule has 0 radical (unpaired) electrons. The molecule has 3 N–H and O–H groups in total. The number of piperidine rings is 1. The molecule has 0 bridgehead atoms. The largest absolute Gasteiger partial charge is 0.465 e. The van der Waals surface area contributed by atoms with Crippen LogP contribution < -0.4 is 20.4 Å². The molecule has 1 aliphatic heterocycles. The van der Waals surface area contributed by atoms with Gasteiger partial charge in [-0.25, -0.2) is 19.4 Å². The number of aromatic nitrogens is 4. The molecule has 0 aliphatic carbocycles.